The number of hydrogen-bond donors (Lipinski definition) is 0. The van der Waals surface area contributed by atoms with Gasteiger partial charge < -0.3 is 9.47 Å². The molecule has 0 aromatic heterocycles. The Morgan fingerprint density at radius 2 is 2.06 bits per heavy atom. The second kappa shape index (κ2) is 5.96. The molecule has 0 saturated carbocycles. The largest absolute Gasteiger partial charge is 0.462 e. The van der Waals surface area contributed by atoms with Gasteiger partial charge in [-0.15, -0.1) is 0 Å². The van der Waals surface area contributed by atoms with E-state index in [-0.39, 0.29) is 17.8 Å². The molecular formula is C14H19FO3. The van der Waals surface area contributed by atoms with Crippen molar-refractivity contribution in [2.75, 3.05) is 13.7 Å². The van der Waals surface area contributed by atoms with E-state index < -0.39 is 11.8 Å². The van der Waals surface area contributed by atoms with Crippen LogP contribution in [0.3, 0.4) is 0 Å². The van der Waals surface area contributed by atoms with Gasteiger partial charge in [-0.2, -0.15) is 0 Å². The zero-order valence-electron chi connectivity index (χ0n) is 11.2. The molecule has 0 amide bonds. The summed E-state index contributed by atoms with van der Waals surface area (Å²) < 4.78 is 23.7. The molecule has 0 unspecified atom stereocenters. The molecule has 0 saturated heterocycles. The molecule has 0 aliphatic rings. The third kappa shape index (κ3) is 4.11. The van der Waals surface area contributed by atoms with Gasteiger partial charge in [-0.05, 0) is 32.9 Å². The van der Waals surface area contributed by atoms with E-state index in [1.54, 1.807) is 20.1 Å². The van der Waals surface area contributed by atoms with Crippen molar-refractivity contribution in [1.29, 1.82) is 0 Å². The van der Waals surface area contributed by atoms with Crippen LogP contribution in [-0.2, 0) is 9.47 Å². The van der Waals surface area contributed by atoms with Gasteiger partial charge in [0.05, 0.1) is 17.8 Å². The van der Waals surface area contributed by atoms with Gasteiger partial charge in [0.1, 0.15) is 5.82 Å². The molecule has 0 bridgehead atoms. The first-order valence-corrected chi connectivity index (χ1v) is 5.84. The minimum atomic E-state index is -0.636. The van der Waals surface area contributed by atoms with E-state index in [0.717, 1.165) is 5.56 Å². The van der Waals surface area contributed by atoms with E-state index in [2.05, 4.69) is 0 Å². The van der Waals surface area contributed by atoms with Crippen molar-refractivity contribution in [2.45, 2.75) is 32.8 Å². The van der Waals surface area contributed by atoms with Crippen molar-refractivity contribution in [3.05, 3.63) is 35.1 Å². The summed E-state index contributed by atoms with van der Waals surface area (Å²) in [6.07, 6.45) is 0.558. The van der Waals surface area contributed by atoms with Gasteiger partial charge in [0.25, 0.3) is 0 Å². The Balaban J connectivity index is 2.58. The van der Waals surface area contributed by atoms with Gasteiger partial charge in [0.15, 0.2) is 0 Å². The maximum absolute atomic E-state index is 13.4. The molecule has 1 aromatic carbocycles. The number of esters is 1. The van der Waals surface area contributed by atoms with Crippen LogP contribution in [0, 0.1) is 12.7 Å². The molecule has 4 heteroatoms. The molecule has 3 nitrogen and oxygen atoms in total. The number of aryl methyl sites for hydroxylation is 1. The smallest absolute Gasteiger partial charge is 0.341 e. The molecule has 0 atom stereocenters. The number of benzene rings is 1. The Hall–Kier alpha value is -1.42. The lowest BCUT2D eigenvalue weighted by Gasteiger charge is -2.22. The van der Waals surface area contributed by atoms with Crippen LogP contribution >= 0.6 is 0 Å². The van der Waals surface area contributed by atoms with Crippen LogP contribution < -0.4 is 0 Å². The summed E-state index contributed by atoms with van der Waals surface area (Å²) in [6.45, 7) is 5.79. The summed E-state index contributed by atoms with van der Waals surface area (Å²) in [5.74, 6) is -1.19. The second-order valence-electron chi connectivity index (χ2n) is 4.83. The summed E-state index contributed by atoms with van der Waals surface area (Å²) in [5.41, 5.74) is 0.441. The molecule has 0 aliphatic heterocycles. The first-order chi connectivity index (χ1) is 8.35. The lowest BCUT2D eigenvalue weighted by Crippen LogP contribution is -2.25. The molecule has 18 heavy (non-hydrogen) atoms. The summed E-state index contributed by atoms with van der Waals surface area (Å²) in [4.78, 5) is 11.7. The van der Waals surface area contributed by atoms with Crippen LogP contribution in [-0.4, -0.2) is 25.3 Å². The Morgan fingerprint density at radius 1 is 1.39 bits per heavy atom. The molecule has 0 radical (unpaired) electrons. The highest BCUT2D eigenvalue weighted by Gasteiger charge is 2.18. The van der Waals surface area contributed by atoms with Crippen LogP contribution in [0.5, 0.6) is 0 Å². The van der Waals surface area contributed by atoms with E-state index in [1.807, 2.05) is 13.8 Å². The van der Waals surface area contributed by atoms with Gasteiger partial charge in [-0.3, -0.25) is 0 Å². The molecular weight excluding hydrogens is 235 g/mol. The Labute approximate surface area is 107 Å². The van der Waals surface area contributed by atoms with E-state index >= 15 is 0 Å². The average molecular weight is 254 g/mol. The van der Waals surface area contributed by atoms with Crippen molar-refractivity contribution < 1.29 is 18.7 Å². The summed E-state index contributed by atoms with van der Waals surface area (Å²) in [5, 5.41) is 0. The zero-order valence-corrected chi connectivity index (χ0v) is 11.2. The number of methoxy groups -OCH3 is 1. The van der Waals surface area contributed by atoms with Gasteiger partial charge in [0, 0.05) is 13.5 Å². The van der Waals surface area contributed by atoms with E-state index in [1.165, 1.54) is 12.1 Å². The molecule has 0 fully saturated rings. The fourth-order valence-corrected chi connectivity index (χ4v) is 1.36. The Bertz CT molecular complexity index is 427. The standard InChI is InChI=1S/C14H19FO3/c1-10-5-6-12(15)11(9-10)13(16)18-8-7-14(2,3)17-4/h5-6,9H,7-8H2,1-4H3. The second-order valence-corrected chi connectivity index (χ2v) is 4.83. The minimum absolute atomic E-state index is 0.0229. The topological polar surface area (TPSA) is 35.5 Å². The molecule has 1 aromatic rings. The fraction of sp³-hybridized carbons (Fsp3) is 0.500. The predicted molar refractivity (Wildman–Crippen MR) is 67.1 cm³/mol. The zero-order chi connectivity index (χ0) is 13.8. The normalized spacial score (nSPS) is 11.4. The lowest BCUT2D eigenvalue weighted by atomic mass is 10.1. The third-order valence-electron chi connectivity index (χ3n) is 2.83. The molecule has 100 valence electrons. The van der Waals surface area contributed by atoms with Crippen LogP contribution in [0.2, 0.25) is 0 Å². The van der Waals surface area contributed by atoms with Crippen molar-refractivity contribution >= 4 is 5.97 Å². The van der Waals surface area contributed by atoms with Crippen molar-refractivity contribution in [2.24, 2.45) is 0 Å². The predicted octanol–water partition coefficient (Wildman–Crippen LogP) is 3.11. The van der Waals surface area contributed by atoms with Crippen molar-refractivity contribution in [1.82, 2.24) is 0 Å². The van der Waals surface area contributed by atoms with E-state index in [4.69, 9.17) is 9.47 Å². The summed E-state index contributed by atoms with van der Waals surface area (Å²) >= 11 is 0. The van der Waals surface area contributed by atoms with E-state index in [9.17, 15) is 9.18 Å². The summed E-state index contributed by atoms with van der Waals surface area (Å²) in [7, 11) is 1.60. The highest BCUT2D eigenvalue weighted by molar-refractivity contribution is 5.89. The lowest BCUT2D eigenvalue weighted by molar-refractivity contribution is -0.00575. The number of halogens is 1. The number of rotatable bonds is 5. The Kier molecular flexibility index (Phi) is 4.84. The van der Waals surface area contributed by atoms with Gasteiger partial charge >= 0.3 is 5.97 Å². The first-order valence-electron chi connectivity index (χ1n) is 5.84. The number of carbonyl (C=O) groups is 1. The van der Waals surface area contributed by atoms with Crippen molar-refractivity contribution in [3.63, 3.8) is 0 Å². The maximum Gasteiger partial charge on any atom is 0.341 e. The van der Waals surface area contributed by atoms with Crippen LogP contribution in [0.1, 0.15) is 36.2 Å². The van der Waals surface area contributed by atoms with Gasteiger partial charge in [0.2, 0.25) is 0 Å². The molecule has 0 spiro atoms. The maximum atomic E-state index is 13.4. The number of hydrogen-bond acceptors (Lipinski definition) is 3. The van der Waals surface area contributed by atoms with Crippen LogP contribution in [0.25, 0.3) is 0 Å². The van der Waals surface area contributed by atoms with E-state index in [0.29, 0.717) is 6.42 Å². The van der Waals surface area contributed by atoms with Crippen LogP contribution in [0.4, 0.5) is 4.39 Å². The fourth-order valence-electron chi connectivity index (χ4n) is 1.36. The Morgan fingerprint density at radius 3 is 2.67 bits per heavy atom. The van der Waals surface area contributed by atoms with Gasteiger partial charge in [-0.25, -0.2) is 9.18 Å². The number of ether oxygens (including phenoxy) is 2. The van der Waals surface area contributed by atoms with Crippen molar-refractivity contribution in [3.8, 4) is 0 Å². The molecule has 0 N–H and O–H groups in total. The highest BCUT2D eigenvalue weighted by Crippen LogP contribution is 2.15. The molecule has 1 rings (SSSR count). The third-order valence-corrected chi connectivity index (χ3v) is 2.83. The monoisotopic (exact) mass is 254 g/mol. The average Bonchev–Trinajstić information content (AvgIpc) is 2.32. The SMILES string of the molecule is COC(C)(C)CCOC(=O)c1cc(C)ccc1F. The number of carbonyl (C=O) groups excluding carboxylic acids is 1. The molecule has 0 aliphatic carbocycles. The van der Waals surface area contributed by atoms with Crippen LogP contribution in [0.15, 0.2) is 18.2 Å². The quantitative estimate of drug-likeness (QED) is 0.757. The first kappa shape index (κ1) is 14.6. The minimum Gasteiger partial charge on any atom is -0.462 e. The molecule has 0 heterocycles. The highest BCUT2D eigenvalue weighted by atomic mass is 19.1. The van der Waals surface area contributed by atoms with Gasteiger partial charge in [-0.1, -0.05) is 11.6 Å². The summed E-state index contributed by atoms with van der Waals surface area (Å²) in [6, 6.07) is 4.37.